The fourth-order valence-electron chi connectivity index (χ4n) is 1.46. The Balaban J connectivity index is 2.61. The number of rotatable bonds is 3. The summed E-state index contributed by atoms with van der Waals surface area (Å²) in [5.41, 5.74) is 1.66. The summed E-state index contributed by atoms with van der Waals surface area (Å²) in [6, 6.07) is 11.5. The standard InChI is InChI=1S/C14H23N/c1-11(13-9-7-6-8-10-13)15-12(2)14(3,4)5/h6-12,15H,1-5H3/t11-,12+/m1/s1. The van der Waals surface area contributed by atoms with Crippen molar-refractivity contribution in [3.05, 3.63) is 35.9 Å². The first-order chi connectivity index (χ1) is 6.91. The van der Waals surface area contributed by atoms with E-state index in [1.165, 1.54) is 5.56 Å². The monoisotopic (exact) mass is 205 g/mol. The lowest BCUT2D eigenvalue weighted by molar-refractivity contribution is 0.268. The second-order valence-corrected chi connectivity index (χ2v) is 5.39. The molecule has 0 aliphatic rings. The maximum absolute atomic E-state index is 3.64. The molecule has 0 unspecified atom stereocenters. The van der Waals surface area contributed by atoms with Crippen LogP contribution in [0.25, 0.3) is 0 Å². The molecule has 0 heterocycles. The number of hydrogen-bond donors (Lipinski definition) is 1. The lowest BCUT2D eigenvalue weighted by Crippen LogP contribution is -2.39. The summed E-state index contributed by atoms with van der Waals surface area (Å²) in [5, 5.41) is 3.64. The summed E-state index contributed by atoms with van der Waals surface area (Å²) in [6.07, 6.45) is 0. The minimum absolute atomic E-state index is 0.309. The van der Waals surface area contributed by atoms with Crippen LogP contribution in [0.5, 0.6) is 0 Å². The SMILES string of the molecule is C[C@H](N[C@H](C)c1ccccc1)C(C)(C)C. The fourth-order valence-corrected chi connectivity index (χ4v) is 1.46. The van der Waals surface area contributed by atoms with Crippen LogP contribution in [0.15, 0.2) is 30.3 Å². The molecular formula is C14H23N. The maximum atomic E-state index is 3.64. The molecule has 0 saturated heterocycles. The van der Waals surface area contributed by atoms with Crippen LogP contribution in [0.2, 0.25) is 0 Å². The van der Waals surface area contributed by atoms with E-state index in [1.54, 1.807) is 0 Å². The zero-order chi connectivity index (χ0) is 11.5. The molecule has 0 saturated carbocycles. The molecule has 2 atom stereocenters. The van der Waals surface area contributed by atoms with Crippen molar-refractivity contribution in [2.24, 2.45) is 5.41 Å². The summed E-state index contributed by atoms with van der Waals surface area (Å²) >= 11 is 0. The van der Waals surface area contributed by atoms with E-state index in [2.05, 4.69) is 70.3 Å². The topological polar surface area (TPSA) is 12.0 Å². The molecule has 0 aliphatic carbocycles. The van der Waals surface area contributed by atoms with Crippen LogP contribution in [0.4, 0.5) is 0 Å². The third-order valence-electron chi connectivity index (χ3n) is 3.10. The van der Waals surface area contributed by atoms with Crippen LogP contribution in [-0.2, 0) is 0 Å². The van der Waals surface area contributed by atoms with Crippen molar-refractivity contribution in [1.29, 1.82) is 0 Å². The second-order valence-electron chi connectivity index (χ2n) is 5.39. The minimum Gasteiger partial charge on any atom is -0.307 e. The largest absolute Gasteiger partial charge is 0.307 e. The molecule has 0 radical (unpaired) electrons. The Hall–Kier alpha value is -0.820. The van der Waals surface area contributed by atoms with Gasteiger partial charge in [0.1, 0.15) is 0 Å². The van der Waals surface area contributed by atoms with Crippen molar-refractivity contribution >= 4 is 0 Å². The molecule has 0 amide bonds. The van der Waals surface area contributed by atoms with E-state index in [4.69, 9.17) is 0 Å². The quantitative estimate of drug-likeness (QED) is 0.792. The van der Waals surface area contributed by atoms with Crippen LogP contribution >= 0.6 is 0 Å². The van der Waals surface area contributed by atoms with Gasteiger partial charge in [-0.25, -0.2) is 0 Å². The Kier molecular flexibility index (Phi) is 3.92. The molecule has 1 aromatic rings. The zero-order valence-electron chi connectivity index (χ0n) is 10.5. The fraction of sp³-hybridized carbons (Fsp3) is 0.571. The lowest BCUT2D eigenvalue weighted by Gasteiger charge is -2.31. The Morgan fingerprint density at radius 3 is 2.00 bits per heavy atom. The summed E-state index contributed by atoms with van der Waals surface area (Å²) in [6.45, 7) is 11.3. The smallest absolute Gasteiger partial charge is 0.0294 e. The molecule has 0 aromatic heterocycles. The molecule has 1 aromatic carbocycles. The first-order valence-corrected chi connectivity index (χ1v) is 5.72. The molecule has 1 rings (SSSR count). The average Bonchev–Trinajstić information content (AvgIpc) is 2.17. The number of nitrogens with one attached hydrogen (secondary N) is 1. The van der Waals surface area contributed by atoms with Gasteiger partial charge in [-0.15, -0.1) is 0 Å². The van der Waals surface area contributed by atoms with E-state index >= 15 is 0 Å². The Morgan fingerprint density at radius 2 is 1.53 bits per heavy atom. The molecule has 1 nitrogen and oxygen atoms in total. The van der Waals surface area contributed by atoms with Crippen molar-refractivity contribution in [3.63, 3.8) is 0 Å². The van der Waals surface area contributed by atoms with Gasteiger partial charge in [0.15, 0.2) is 0 Å². The van der Waals surface area contributed by atoms with Gasteiger partial charge >= 0.3 is 0 Å². The van der Waals surface area contributed by atoms with Crippen molar-refractivity contribution < 1.29 is 0 Å². The highest BCUT2D eigenvalue weighted by atomic mass is 15.0. The summed E-state index contributed by atoms with van der Waals surface area (Å²) in [5.74, 6) is 0. The first-order valence-electron chi connectivity index (χ1n) is 5.72. The second kappa shape index (κ2) is 4.80. The van der Waals surface area contributed by atoms with Gasteiger partial charge in [-0.1, -0.05) is 51.1 Å². The van der Waals surface area contributed by atoms with Gasteiger partial charge in [0, 0.05) is 12.1 Å². The third kappa shape index (κ3) is 3.67. The summed E-state index contributed by atoms with van der Waals surface area (Å²) in [7, 11) is 0. The van der Waals surface area contributed by atoms with Crippen LogP contribution in [0.3, 0.4) is 0 Å². The normalized spacial score (nSPS) is 16.1. The van der Waals surface area contributed by atoms with E-state index in [0.717, 1.165) is 0 Å². The molecule has 1 N–H and O–H groups in total. The van der Waals surface area contributed by atoms with E-state index in [-0.39, 0.29) is 0 Å². The van der Waals surface area contributed by atoms with Crippen LogP contribution in [0, 0.1) is 5.41 Å². The van der Waals surface area contributed by atoms with E-state index in [1.807, 2.05) is 0 Å². The number of benzene rings is 1. The van der Waals surface area contributed by atoms with E-state index in [9.17, 15) is 0 Å². The predicted octanol–water partition coefficient (Wildman–Crippen LogP) is 3.77. The molecule has 0 aliphatic heterocycles. The highest BCUT2D eigenvalue weighted by Gasteiger charge is 2.21. The predicted molar refractivity (Wildman–Crippen MR) is 66.9 cm³/mol. The molecular weight excluding hydrogens is 182 g/mol. The van der Waals surface area contributed by atoms with Crippen molar-refractivity contribution in [2.45, 2.75) is 46.7 Å². The zero-order valence-corrected chi connectivity index (χ0v) is 10.5. The van der Waals surface area contributed by atoms with Crippen molar-refractivity contribution in [3.8, 4) is 0 Å². The van der Waals surface area contributed by atoms with Crippen molar-refractivity contribution in [1.82, 2.24) is 5.32 Å². The van der Waals surface area contributed by atoms with Crippen LogP contribution < -0.4 is 5.32 Å². The van der Waals surface area contributed by atoms with E-state index in [0.29, 0.717) is 17.5 Å². The maximum Gasteiger partial charge on any atom is 0.0294 e. The van der Waals surface area contributed by atoms with Crippen molar-refractivity contribution in [2.75, 3.05) is 0 Å². The highest BCUT2D eigenvalue weighted by Crippen LogP contribution is 2.22. The van der Waals surface area contributed by atoms with Crippen LogP contribution in [-0.4, -0.2) is 6.04 Å². The molecule has 1 heteroatoms. The Bertz CT molecular complexity index is 284. The van der Waals surface area contributed by atoms with Gasteiger partial charge in [0.05, 0.1) is 0 Å². The Labute approximate surface area is 93.9 Å². The molecule has 0 spiro atoms. The van der Waals surface area contributed by atoms with Crippen LogP contribution in [0.1, 0.15) is 46.2 Å². The van der Waals surface area contributed by atoms with Gasteiger partial charge in [-0.05, 0) is 24.8 Å². The minimum atomic E-state index is 0.309. The molecule has 15 heavy (non-hydrogen) atoms. The van der Waals surface area contributed by atoms with E-state index < -0.39 is 0 Å². The summed E-state index contributed by atoms with van der Waals surface area (Å²) in [4.78, 5) is 0. The summed E-state index contributed by atoms with van der Waals surface area (Å²) < 4.78 is 0. The highest BCUT2D eigenvalue weighted by molar-refractivity contribution is 5.18. The first kappa shape index (κ1) is 12.3. The van der Waals surface area contributed by atoms with Gasteiger partial charge in [0.25, 0.3) is 0 Å². The molecule has 84 valence electrons. The van der Waals surface area contributed by atoms with Gasteiger partial charge < -0.3 is 5.32 Å². The van der Waals surface area contributed by atoms with Gasteiger partial charge in [-0.2, -0.15) is 0 Å². The van der Waals surface area contributed by atoms with Gasteiger partial charge in [0.2, 0.25) is 0 Å². The third-order valence-corrected chi connectivity index (χ3v) is 3.10. The Morgan fingerprint density at radius 1 is 1.00 bits per heavy atom. The molecule has 0 bridgehead atoms. The van der Waals surface area contributed by atoms with Gasteiger partial charge in [-0.3, -0.25) is 0 Å². The molecule has 0 fully saturated rings. The lowest BCUT2D eigenvalue weighted by atomic mass is 9.87. The number of hydrogen-bond acceptors (Lipinski definition) is 1. The average molecular weight is 205 g/mol.